The minimum atomic E-state index is -4.96. The van der Waals surface area contributed by atoms with Gasteiger partial charge in [-0.3, -0.25) is 9.11 Å². The topological polar surface area (TPSA) is 161 Å². The second kappa shape index (κ2) is 10.4. The molecule has 0 aromatic heterocycles. The van der Waals surface area contributed by atoms with E-state index in [-0.39, 0.29) is 17.2 Å². The van der Waals surface area contributed by atoms with Crippen LogP contribution >= 0.6 is 0 Å². The van der Waals surface area contributed by atoms with E-state index in [1.807, 2.05) is 31.2 Å². The average molecular weight is 591 g/mol. The Morgan fingerprint density at radius 1 is 0.590 bits per heavy atom. The standard InChI is InChI=1S/C26H22O10S3/c1-17-3-5-18(6-4-17)19-7-9-20(10-8-19)36-24-14-12-22(16-26(24)39(32,33)34)37(27,28)21-11-13-23(35-2)25(15-21)38(29,30)31/h3-16H,1-2H3,(H,29,30,31)(H,32,33,34). The lowest BCUT2D eigenvalue weighted by Gasteiger charge is -2.13. The fourth-order valence-electron chi connectivity index (χ4n) is 3.69. The lowest BCUT2D eigenvalue weighted by Crippen LogP contribution is -2.08. The van der Waals surface area contributed by atoms with Crippen LogP contribution in [0.2, 0.25) is 0 Å². The van der Waals surface area contributed by atoms with Gasteiger partial charge in [0.25, 0.3) is 20.2 Å². The molecule has 4 rings (SSSR count). The van der Waals surface area contributed by atoms with Crippen molar-refractivity contribution >= 4 is 30.1 Å². The highest BCUT2D eigenvalue weighted by atomic mass is 32.2. The Balaban J connectivity index is 1.71. The molecule has 204 valence electrons. The van der Waals surface area contributed by atoms with Crippen molar-refractivity contribution in [1.29, 1.82) is 0 Å². The number of hydrogen-bond acceptors (Lipinski definition) is 8. The summed E-state index contributed by atoms with van der Waals surface area (Å²) in [6, 6.07) is 20.0. The van der Waals surface area contributed by atoms with E-state index in [1.54, 1.807) is 24.3 Å². The molecular formula is C26H22O10S3. The number of methoxy groups -OCH3 is 1. The van der Waals surface area contributed by atoms with E-state index in [2.05, 4.69) is 0 Å². The zero-order valence-electron chi connectivity index (χ0n) is 20.5. The van der Waals surface area contributed by atoms with Crippen LogP contribution in [0.25, 0.3) is 11.1 Å². The van der Waals surface area contributed by atoms with Crippen LogP contribution in [-0.2, 0) is 30.1 Å². The number of ether oxygens (including phenoxy) is 2. The molecule has 0 aliphatic heterocycles. The van der Waals surface area contributed by atoms with Crippen LogP contribution in [0.5, 0.6) is 17.2 Å². The molecule has 0 bridgehead atoms. The molecule has 2 N–H and O–H groups in total. The zero-order valence-corrected chi connectivity index (χ0v) is 22.9. The van der Waals surface area contributed by atoms with Gasteiger partial charge in [-0.1, -0.05) is 42.0 Å². The molecule has 0 unspecified atom stereocenters. The molecule has 4 aromatic carbocycles. The highest BCUT2D eigenvalue weighted by Crippen LogP contribution is 2.35. The molecule has 0 aliphatic rings. The first kappa shape index (κ1) is 28.3. The number of sulfone groups is 1. The molecule has 4 aromatic rings. The largest absolute Gasteiger partial charge is 0.495 e. The maximum atomic E-state index is 13.2. The molecule has 0 heterocycles. The number of aryl methyl sites for hydroxylation is 1. The molecule has 39 heavy (non-hydrogen) atoms. The van der Waals surface area contributed by atoms with Gasteiger partial charge in [0, 0.05) is 0 Å². The molecule has 0 radical (unpaired) electrons. The summed E-state index contributed by atoms with van der Waals surface area (Å²) >= 11 is 0. The molecule has 0 spiro atoms. The summed E-state index contributed by atoms with van der Waals surface area (Å²) in [4.78, 5) is -2.77. The lowest BCUT2D eigenvalue weighted by atomic mass is 10.0. The summed E-state index contributed by atoms with van der Waals surface area (Å²) < 4.78 is 104. The summed E-state index contributed by atoms with van der Waals surface area (Å²) in [7, 11) is -13.2. The van der Waals surface area contributed by atoms with E-state index in [0.29, 0.717) is 12.1 Å². The van der Waals surface area contributed by atoms with Crippen molar-refractivity contribution in [3.8, 4) is 28.4 Å². The second-order valence-corrected chi connectivity index (χ2v) is 13.1. The Bertz CT molecular complexity index is 1860. The van der Waals surface area contributed by atoms with Crippen LogP contribution in [0.4, 0.5) is 0 Å². The maximum absolute atomic E-state index is 13.2. The van der Waals surface area contributed by atoms with Crippen molar-refractivity contribution in [2.24, 2.45) is 0 Å². The van der Waals surface area contributed by atoms with Crippen LogP contribution in [0.15, 0.2) is 105 Å². The van der Waals surface area contributed by atoms with Gasteiger partial charge in [-0.2, -0.15) is 16.8 Å². The molecule has 0 fully saturated rings. The molecule has 0 saturated heterocycles. The fraction of sp³-hybridized carbons (Fsp3) is 0.0769. The van der Waals surface area contributed by atoms with Gasteiger partial charge in [-0.05, 0) is 66.6 Å². The van der Waals surface area contributed by atoms with Gasteiger partial charge in [0.2, 0.25) is 9.84 Å². The Labute approximate surface area is 225 Å². The van der Waals surface area contributed by atoms with Crippen molar-refractivity contribution in [3.63, 3.8) is 0 Å². The quantitative estimate of drug-likeness (QED) is 0.273. The van der Waals surface area contributed by atoms with Crippen LogP contribution in [-0.4, -0.2) is 41.5 Å². The average Bonchev–Trinajstić information content (AvgIpc) is 2.88. The first-order chi connectivity index (χ1) is 18.2. The van der Waals surface area contributed by atoms with Crippen LogP contribution in [0.3, 0.4) is 0 Å². The van der Waals surface area contributed by atoms with Gasteiger partial charge in [0.05, 0.1) is 16.9 Å². The highest BCUT2D eigenvalue weighted by Gasteiger charge is 2.27. The SMILES string of the molecule is COc1ccc(S(=O)(=O)c2ccc(Oc3ccc(-c4ccc(C)cc4)cc3)c(S(=O)(=O)O)c2)cc1S(=O)(=O)O. The van der Waals surface area contributed by atoms with Gasteiger partial charge in [-0.25, -0.2) is 8.42 Å². The molecule has 0 aliphatic carbocycles. The van der Waals surface area contributed by atoms with Crippen LogP contribution in [0.1, 0.15) is 5.56 Å². The minimum Gasteiger partial charge on any atom is -0.495 e. The zero-order chi connectivity index (χ0) is 28.6. The summed E-state index contributed by atoms with van der Waals surface area (Å²) in [5, 5.41) is 0. The highest BCUT2D eigenvalue weighted by molar-refractivity contribution is 7.91. The van der Waals surface area contributed by atoms with E-state index in [4.69, 9.17) is 9.47 Å². The maximum Gasteiger partial charge on any atom is 0.298 e. The Morgan fingerprint density at radius 3 is 1.49 bits per heavy atom. The summed E-state index contributed by atoms with van der Waals surface area (Å²) in [6.45, 7) is 1.97. The summed E-state index contributed by atoms with van der Waals surface area (Å²) in [5.74, 6) is -0.417. The van der Waals surface area contributed by atoms with Gasteiger partial charge in [0.15, 0.2) is 0 Å². The smallest absolute Gasteiger partial charge is 0.298 e. The van der Waals surface area contributed by atoms with Crippen LogP contribution < -0.4 is 9.47 Å². The van der Waals surface area contributed by atoms with Crippen molar-refractivity contribution in [2.45, 2.75) is 26.5 Å². The van der Waals surface area contributed by atoms with Crippen molar-refractivity contribution in [1.82, 2.24) is 0 Å². The van der Waals surface area contributed by atoms with Gasteiger partial charge < -0.3 is 9.47 Å². The van der Waals surface area contributed by atoms with Crippen molar-refractivity contribution < 1.29 is 43.8 Å². The van der Waals surface area contributed by atoms with E-state index < -0.39 is 49.7 Å². The van der Waals surface area contributed by atoms with Gasteiger partial charge in [0.1, 0.15) is 27.0 Å². The third-order valence-electron chi connectivity index (χ3n) is 5.69. The fourth-order valence-corrected chi connectivity index (χ4v) is 6.47. The Hall–Kier alpha value is -3.75. The molecule has 0 atom stereocenters. The van der Waals surface area contributed by atoms with E-state index >= 15 is 0 Å². The molecule has 0 amide bonds. The first-order valence-corrected chi connectivity index (χ1v) is 15.4. The van der Waals surface area contributed by atoms with Gasteiger partial charge in [-0.15, -0.1) is 0 Å². The molecule has 0 saturated carbocycles. The normalized spacial score (nSPS) is 12.2. The first-order valence-electron chi connectivity index (χ1n) is 11.1. The van der Waals surface area contributed by atoms with E-state index in [9.17, 15) is 34.4 Å². The van der Waals surface area contributed by atoms with E-state index in [1.165, 1.54) is 0 Å². The van der Waals surface area contributed by atoms with Gasteiger partial charge >= 0.3 is 0 Å². The van der Waals surface area contributed by atoms with Crippen molar-refractivity contribution in [2.75, 3.05) is 7.11 Å². The monoisotopic (exact) mass is 590 g/mol. The molecule has 13 heteroatoms. The lowest BCUT2D eigenvalue weighted by molar-refractivity contribution is 0.397. The number of hydrogen-bond donors (Lipinski definition) is 2. The number of rotatable bonds is 8. The van der Waals surface area contributed by atoms with Crippen molar-refractivity contribution in [3.05, 3.63) is 90.5 Å². The predicted octanol–water partition coefficient (Wildman–Crippen LogP) is 4.79. The predicted molar refractivity (Wildman–Crippen MR) is 141 cm³/mol. The summed E-state index contributed by atoms with van der Waals surface area (Å²) in [5.41, 5.74) is 2.94. The van der Waals surface area contributed by atoms with Crippen LogP contribution in [0, 0.1) is 6.92 Å². The summed E-state index contributed by atoms with van der Waals surface area (Å²) in [6.07, 6.45) is 0. The molecular weight excluding hydrogens is 568 g/mol. The third kappa shape index (κ3) is 6.13. The minimum absolute atomic E-state index is 0.222. The number of benzene rings is 4. The third-order valence-corrected chi connectivity index (χ3v) is 9.19. The molecule has 10 nitrogen and oxygen atoms in total. The Kier molecular flexibility index (Phi) is 7.56. The van der Waals surface area contributed by atoms with E-state index in [0.717, 1.165) is 48.1 Å². The second-order valence-electron chi connectivity index (χ2n) is 8.37. The Morgan fingerprint density at radius 2 is 1.03 bits per heavy atom.